The standard InChI is InChI=1S/C24H19ClN4O5/c25-16-5-3-15(4-6-16)13-29-23(31)22-18(2-1-9-26-22)28(24(29)32)14-21(30)27-17-7-8-19-20(12-17)34-11-10-33-19/h1-9,12H,10-11,13-14H2,(H,27,30). The van der Waals surface area contributed by atoms with Gasteiger partial charge in [-0.05, 0) is 42.0 Å². The van der Waals surface area contributed by atoms with Crippen molar-refractivity contribution in [2.24, 2.45) is 0 Å². The molecule has 0 fully saturated rings. The minimum absolute atomic E-state index is 0.0190. The van der Waals surface area contributed by atoms with Gasteiger partial charge in [-0.3, -0.25) is 18.7 Å². The van der Waals surface area contributed by atoms with Gasteiger partial charge in [0.25, 0.3) is 5.56 Å². The summed E-state index contributed by atoms with van der Waals surface area (Å²) in [6.45, 7) is 0.601. The Morgan fingerprint density at radius 3 is 2.56 bits per heavy atom. The molecule has 0 radical (unpaired) electrons. The van der Waals surface area contributed by atoms with Crippen LogP contribution in [-0.4, -0.2) is 33.2 Å². The van der Waals surface area contributed by atoms with Crippen molar-refractivity contribution >= 4 is 34.2 Å². The molecular weight excluding hydrogens is 460 g/mol. The SMILES string of the molecule is O=C(Cn1c(=O)n(Cc2ccc(Cl)cc2)c(=O)c2ncccc21)Nc1ccc2c(c1)OCCO2. The first-order valence-electron chi connectivity index (χ1n) is 10.5. The molecule has 1 N–H and O–H groups in total. The largest absolute Gasteiger partial charge is 0.486 e. The maximum absolute atomic E-state index is 13.3. The van der Waals surface area contributed by atoms with Gasteiger partial charge in [-0.2, -0.15) is 0 Å². The second-order valence-electron chi connectivity index (χ2n) is 7.66. The van der Waals surface area contributed by atoms with Crippen molar-refractivity contribution in [3.63, 3.8) is 0 Å². The number of carbonyl (C=O) groups is 1. The number of fused-ring (bicyclic) bond motifs is 2. The van der Waals surface area contributed by atoms with Gasteiger partial charge in [0.15, 0.2) is 17.0 Å². The van der Waals surface area contributed by atoms with Crippen molar-refractivity contribution in [2.45, 2.75) is 13.1 Å². The number of benzene rings is 2. The molecule has 0 saturated carbocycles. The highest BCUT2D eigenvalue weighted by Gasteiger charge is 2.18. The number of aromatic nitrogens is 3. The van der Waals surface area contributed by atoms with E-state index in [0.717, 1.165) is 4.57 Å². The summed E-state index contributed by atoms with van der Waals surface area (Å²) in [7, 11) is 0. The van der Waals surface area contributed by atoms with Crippen LogP contribution in [-0.2, 0) is 17.9 Å². The van der Waals surface area contributed by atoms with Gasteiger partial charge in [0.2, 0.25) is 5.91 Å². The van der Waals surface area contributed by atoms with Gasteiger partial charge in [-0.15, -0.1) is 0 Å². The fourth-order valence-electron chi connectivity index (χ4n) is 3.77. The van der Waals surface area contributed by atoms with Gasteiger partial charge in [0, 0.05) is 23.0 Å². The summed E-state index contributed by atoms with van der Waals surface area (Å²) in [5, 5.41) is 3.31. The van der Waals surface area contributed by atoms with Crippen LogP contribution in [0.2, 0.25) is 5.02 Å². The zero-order valence-corrected chi connectivity index (χ0v) is 18.6. The molecule has 1 aliphatic rings. The number of amides is 1. The highest BCUT2D eigenvalue weighted by atomic mass is 35.5. The Kier molecular flexibility index (Phi) is 5.77. The molecule has 9 nitrogen and oxygen atoms in total. The topological polar surface area (TPSA) is 104 Å². The van der Waals surface area contributed by atoms with Crippen molar-refractivity contribution in [1.82, 2.24) is 14.1 Å². The molecular formula is C24H19ClN4O5. The normalized spacial score (nSPS) is 12.5. The van der Waals surface area contributed by atoms with Crippen molar-refractivity contribution in [2.75, 3.05) is 18.5 Å². The number of rotatable bonds is 5. The molecule has 2 aromatic heterocycles. The zero-order valence-electron chi connectivity index (χ0n) is 17.9. The number of anilines is 1. The van der Waals surface area contributed by atoms with E-state index in [-0.39, 0.29) is 24.1 Å². The number of ether oxygens (including phenoxy) is 2. The molecule has 1 amide bonds. The Morgan fingerprint density at radius 1 is 1.00 bits per heavy atom. The third-order valence-corrected chi connectivity index (χ3v) is 5.62. The first-order valence-corrected chi connectivity index (χ1v) is 10.9. The highest BCUT2D eigenvalue weighted by molar-refractivity contribution is 6.30. The van der Waals surface area contributed by atoms with Crippen LogP contribution in [0.15, 0.2) is 70.4 Å². The van der Waals surface area contributed by atoms with E-state index in [1.807, 2.05) is 0 Å². The van der Waals surface area contributed by atoms with Crippen LogP contribution in [0.25, 0.3) is 11.0 Å². The smallest absolute Gasteiger partial charge is 0.332 e. The van der Waals surface area contributed by atoms with Crippen molar-refractivity contribution in [3.8, 4) is 11.5 Å². The van der Waals surface area contributed by atoms with Crippen LogP contribution in [0.3, 0.4) is 0 Å². The molecule has 1 aliphatic heterocycles. The maximum Gasteiger partial charge on any atom is 0.332 e. The maximum atomic E-state index is 13.3. The summed E-state index contributed by atoms with van der Waals surface area (Å²) in [6.07, 6.45) is 1.47. The van der Waals surface area contributed by atoms with Crippen LogP contribution in [0.1, 0.15) is 5.56 Å². The van der Waals surface area contributed by atoms with Crippen LogP contribution in [0.5, 0.6) is 11.5 Å². The van der Waals surface area contributed by atoms with E-state index < -0.39 is 17.2 Å². The summed E-state index contributed by atoms with van der Waals surface area (Å²) in [6, 6.07) is 15.1. The summed E-state index contributed by atoms with van der Waals surface area (Å²) in [4.78, 5) is 43.4. The summed E-state index contributed by atoms with van der Waals surface area (Å²) >= 11 is 5.94. The number of hydrogen-bond acceptors (Lipinski definition) is 6. The molecule has 0 spiro atoms. The summed E-state index contributed by atoms with van der Waals surface area (Å²) in [5.74, 6) is 0.694. The monoisotopic (exact) mass is 478 g/mol. The third-order valence-electron chi connectivity index (χ3n) is 5.37. The van der Waals surface area contributed by atoms with E-state index in [0.29, 0.717) is 41.0 Å². The number of hydrogen-bond donors (Lipinski definition) is 1. The molecule has 3 heterocycles. The lowest BCUT2D eigenvalue weighted by Gasteiger charge is -2.19. The number of carbonyl (C=O) groups excluding carboxylic acids is 1. The molecule has 0 bridgehead atoms. The van der Waals surface area contributed by atoms with Crippen molar-refractivity contribution < 1.29 is 14.3 Å². The fraction of sp³-hybridized carbons (Fsp3) is 0.167. The van der Waals surface area contributed by atoms with E-state index in [2.05, 4.69) is 10.3 Å². The molecule has 172 valence electrons. The minimum Gasteiger partial charge on any atom is -0.486 e. The molecule has 0 unspecified atom stereocenters. The number of nitrogens with zero attached hydrogens (tertiary/aromatic N) is 3. The molecule has 0 atom stereocenters. The lowest BCUT2D eigenvalue weighted by molar-refractivity contribution is -0.116. The van der Waals surface area contributed by atoms with E-state index in [1.165, 1.54) is 10.8 Å². The molecule has 34 heavy (non-hydrogen) atoms. The zero-order chi connectivity index (χ0) is 23.7. The second kappa shape index (κ2) is 9.03. The lowest BCUT2D eigenvalue weighted by atomic mass is 10.2. The van der Waals surface area contributed by atoms with E-state index in [9.17, 15) is 14.4 Å². The minimum atomic E-state index is -0.613. The van der Waals surface area contributed by atoms with E-state index in [4.69, 9.17) is 21.1 Å². The Labute approximate surface area is 198 Å². The van der Waals surface area contributed by atoms with Gasteiger partial charge in [0.05, 0.1) is 12.1 Å². The Morgan fingerprint density at radius 2 is 1.76 bits per heavy atom. The fourth-order valence-corrected chi connectivity index (χ4v) is 3.90. The Balaban J connectivity index is 1.48. The third kappa shape index (κ3) is 4.25. The molecule has 0 aliphatic carbocycles. The van der Waals surface area contributed by atoms with Gasteiger partial charge >= 0.3 is 5.69 Å². The first kappa shape index (κ1) is 21.7. The predicted molar refractivity (Wildman–Crippen MR) is 127 cm³/mol. The average Bonchev–Trinajstić information content (AvgIpc) is 2.85. The van der Waals surface area contributed by atoms with E-state index in [1.54, 1.807) is 54.6 Å². The molecule has 5 rings (SSSR count). The Hall–Kier alpha value is -4.11. The van der Waals surface area contributed by atoms with Gasteiger partial charge in [-0.25, -0.2) is 9.78 Å². The van der Waals surface area contributed by atoms with Crippen LogP contribution in [0.4, 0.5) is 5.69 Å². The molecule has 4 aromatic rings. The number of pyridine rings is 1. The first-order chi connectivity index (χ1) is 16.5. The molecule has 2 aromatic carbocycles. The van der Waals surface area contributed by atoms with Crippen LogP contribution < -0.4 is 26.0 Å². The number of nitrogens with one attached hydrogen (secondary N) is 1. The second-order valence-corrected chi connectivity index (χ2v) is 8.10. The summed E-state index contributed by atoms with van der Waals surface area (Å²) < 4.78 is 13.3. The van der Waals surface area contributed by atoms with Crippen LogP contribution in [0, 0.1) is 0 Å². The van der Waals surface area contributed by atoms with Gasteiger partial charge in [0.1, 0.15) is 19.8 Å². The Bertz CT molecular complexity index is 1510. The molecule has 10 heteroatoms. The van der Waals surface area contributed by atoms with Crippen molar-refractivity contribution in [3.05, 3.63) is 92.2 Å². The molecule has 0 saturated heterocycles. The average molecular weight is 479 g/mol. The van der Waals surface area contributed by atoms with Crippen LogP contribution >= 0.6 is 11.6 Å². The highest BCUT2D eigenvalue weighted by Crippen LogP contribution is 2.32. The van der Waals surface area contributed by atoms with Gasteiger partial charge < -0.3 is 14.8 Å². The van der Waals surface area contributed by atoms with Gasteiger partial charge in [-0.1, -0.05) is 23.7 Å². The van der Waals surface area contributed by atoms with E-state index >= 15 is 0 Å². The lowest BCUT2D eigenvalue weighted by Crippen LogP contribution is -2.42. The van der Waals surface area contributed by atoms with Crippen molar-refractivity contribution in [1.29, 1.82) is 0 Å². The quantitative estimate of drug-likeness (QED) is 0.473. The number of halogens is 1. The summed E-state index contributed by atoms with van der Waals surface area (Å²) in [5.41, 5.74) is 0.451. The predicted octanol–water partition coefficient (Wildman–Crippen LogP) is 2.67.